The zero-order valence-electron chi connectivity index (χ0n) is 11.0. The summed E-state index contributed by atoms with van der Waals surface area (Å²) in [6, 6.07) is 4.34. The predicted molar refractivity (Wildman–Crippen MR) is 71.2 cm³/mol. The van der Waals surface area contributed by atoms with Gasteiger partial charge >= 0.3 is 0 Å². The van der Waals surface area contributed by atoms with E-state index < -0.39 is 5.41 Å². The monoisotopic (exact) mass is 256 g/mol. The van der Waals surface area contributed by atoms with E-state index in [2.05, 4.69) is 9.97 Å². The number of nitrogens with zero attached hydrogens (tertiary/aromatic N) is 2. The molecule has 4 heteroatoms. The van der Waals surface area contributed by atoms with Crippen LogP contribution in [0.15, 0.2) is 23.8 Å². The average Bonchev–Trinajstić information content (AvgIpc) is 2.54. The molecule has 0 bridgehead atoms. The van der Waals surface area contributed by atoms with Gasteiger partial charge in [0.2, 0.25) is 0 Å². The highest BCUT2D eigenvalue weighted by molar-refractivity contribution is 5.95. The molecule has 0 fully saturated rings. The van der Waals surface area contributed by atoms with E-state index in [0.29, 0.717) is 22.3 Å². The van der Waals surface area contributed by atoms with Gasteiger partial charge < -0.3 is 0 Å². The number of rotatable bonds is 1. The summed E-state index contributed by atoms with van der Waals surface area (Å²) < 4.78 is 13.2. The lowest BCUT2D eigenvalue weighted by molar-refractivity contribution is -0.105. The van der Waals surface area contributed by atoms with Crippen LogP contribution in [-0.4, -0.2) is 16.3 Å². The molecule has 0 saturated heterocycles. The van der Waals surface area contributed by atoms with Gasteiger partial charge in [-0.05, 0) is 38.5 Å². The lowest BCUT2D eigenvalue weighted by Gasteiger charge is -2.19. The fourth-order valence-electron chi connectivity index (χ4n) is 2.68. The summed E-state index contributed by atoms with van der Waals surface area (Å²) in [6.07, 6.45) is 0.865. The Morgan fingerprint density at radius 2 is 1.95 bits per heavy atom. The highest BCUT2D eigenvalue weighted by Gasteiger charge is 2.38. The molecule has 1 aromatic carbocycles. The molecule has 0 aliphatic heterocycles. The maximum atomic E-state index is 13.2. The van der Waals surface area contributed by atoms with Crippen LogP contribution in [0, 0.1) is 5.82 Å². The number of halogens is 1. The molecule has 3 rings (SSSR count). The van der Waals surface area contributed by atoms with Gasteiger partial charge in [0, 0.05) is 17.1 Å². The van der Waals surface area contributed by atoms with Crippen LogP contribution < -0.4 is 0 Å². The quantitative estimate of drug-likeness (QED) is 0.736. The molecule has 1 aromatic heterocycles. The Morgan fingerprint density at radius 1 is 1.21 bits per heavy atom. The Labute approximate surface area is 110 Å². The van der Waals surface area contributed by atoms with E-state index in [9.17, 15) is 9.18 Å². The maximum absolute atomic E-state index is 13.2. The molecule has 0 atom stereocenters. The first-order valence-electron chi connectivity index (χ1n) is 6.10. The zero-order valence-corrected chi connectivity index (χ0v) is 11.0. The van der Waals surface area contributed by atoms with Crippen molar-refractivity contribution in [1.29, 1.82) is 0 Å². The fourth-order valence-corrected chi connectivity index (χ4v) is 2.68. The number of carbonyl (C=O) groups is 1. The smallest absolute Gasteiger partial charge is 0.147 e. The molecule has 0 N–H and O–H groups in total. The predicted octanol–water partition coefficient (Wildman–Crippen LogP) is 3.03. The van der Waals surface area contributed by atoms with E-state index >= 15 is 0 Å². The van der Waals surface area contributed by atoms with Crippen molar-refractivity contribution in [2.45, 2.75) is 26.2 Å². The third kappa shape index (κ3) is 1.52. The molecule has 0 unspecified atom stereocenters. The van der Waals surface area contributed by atoms with Gasteiger partial charge in [0.15, 0.2) is 0 Å². The summed E-state index contributed by atoms with van der Waals surface area (Å²) in [5, 5.41) is 0. The molecular formula is C15H13FN2O. The second kappa shape index (κ2) is 3.70. The van der Waals surface area contributed by atoms with Gasteiger partial charge in [0.05, 0.1) is 22.4 Å². The number of fused-ring (bicyclic) bond motifs is 2. The van der Waals surface area contributed by atoms with Gasteiger partial charge in [-0.15, -0.1) is 0 Å². The number of benzene rings is 1. The molecular weight excluding hydrogens is 243 g/mol. The number of aromatic nitrogens is 2. The van der Waals surface area contributed by atoms with Crippen molar-refractivity contribution in [3.63, 3.8) is 0 Å². The molecule has 0 spiro atoms. The summed E-state index contributed by atoms with van der Waals surface area (Å²) in [4.78, 5) is 20.3. The van der Waals surface area contributed by atoms with Gasteiger partial charge in [0.1, 0.15) is 12.1 Å². The lowest BCUT2D eigenvalue weighted by atomic mass is 9.85. The first-order chi connectivity index (χ1) is 8.95. The SMILES string of the molecule is CC1=C(C=O)C(C)(C)c2nc3ccc(F)cc3nc21. The van der Waals surface area contributed by atoms with Crippen molar-refractivity contribution in [3.05, 3.63) is 41.0 Å². The van der Waals surface area contributed by atoms with Crippen molar-refractivity contribution in [2.24, 2.45) is 0 Å². The van der Waals surface area contributed by atoms with Gasteiger partial charge in [-0.25, -0.2) is 14.4 Å². The Morgan fingerprint density at radius 3 is 2.63 bits per heavy atom. The van der Waals surface area contributed by atoms with Crippen LogP contribution in [0.25, 0.3) is 16.6 Å². The third-order valence-corrected chi connectivity index (χ3v) is 3.77. The van der Waals surface area contributed by atoms with Gasteiger partial charge in [0.25, 0.3) is 0 Å². The summed E-state index contributed by atoms with van der Waals surface area (Å²) in [6.45, 7) is 5.77. The van der Waals surface area contributed by atoms with Crippen LogP contribution in [0.5, 0.6) is 0 Å². The van der Waals surface area contributed by atoms with Gasteiger partial charge in [-0.1, -0.05) is 0 Å². The normalized spacial score (nSPS) is 16.8. The van der Waals surface area contributed by atoms with Crippen LogP contribution in [0.3, 0.4) is 0 Å². The molecule has 3 nitrogen and oxygen atoms in total. The van der Waals surface area contributed by atoms with Crippen LogP contribution in [0.1, 0.15) is 32.2 Å². The molecule has 1 aliphatic rings. The molecule has 0 amide bonds. The van der Waals surface area contributed by atoms with E-state index in [1.54, 1.807) is 6.07 Å². The Balaban J connectivity index is 2.38. The Bertz CT molecular complexity index is 747. The summed E-state index contributed by atoms with van der Waals surface area (Å²) in [5.74, 6) is -0.337. The molecule has 1 heterocycles. The molecule has 96 valence electrons. The number of carbonyl (C=O) groups excluding carboxylic acids is 1. The van der Waals surface area contributed by atoms with Crippen molar-refractivity contribution >= 4 is 22.9 Å². The van der Waals surface area contributed by atoms with E-state index in [1.807, 2.05) is 20.8 Å². The van der Waals surface area contributed by atoms with Crippen molar-refractivity contribution in [2.75, 3.05) is 0 Å². The van der Waals surface area contributed by atoms with Gasteiger partial charge in [-0.2, -0.15) is 0 Å². The lowest BCUT2D eigenvalue weighted by Crippen LogP contribution is -2.20. The van der Waals surface area contributed by atoms with Crippen LogP contribution >= 0.6 is 0 Å². The van der Waals surface area contributed by atoms with Crippen molar-refractivity contribution in [3.8, 4) is 0 Å². The van der Waals surface area contributed by atoms with Crippen molar-refractivity contribution in [1.82, 2.24) is 9.97 Å². The Hall–Kier alpha value is -2.10. The minimum Gasteiger partial charge on any atom is -0.298 e. The zero-order chi connectivity index (χ0) is 13.8. The minimum absolute atomic E-state index is 0.337. The third-order valence-electron chi connectivity index (χ3n) is 3.77. The highest BCUT2D eigenvalue weighted by atomic mass is 19.1. The molecule has 0 saturated carbocycles. The molecule has 19 heavy (non-hydrogen) atoms. The maximum Gasteiger partial charge on any atom is 0.147 e. The van der Waals surface area contributed by atoms with E-state index in [4.69, 9.17) is 0 Å². The molecule has 2 aromatic rings. The first-order valence-corrected chi connectivity index (χ1v) is 6.10. The van der Waals surface area contributed by atoms with E-state index in [-0.39, 0.29) is 5.82 Å². The summed E-state index contributed by atoms with van der Waals surface area (Å²) in [7, 11) is 0. The van der Waals surface area contributed by atoms with Crippen LogP contribution in [0.2, 0.25) is 0 Å². The second-order valence-corrected chi connectivity index (χ2v) is 5.34. The second-order valence-electron chi connectivity index (χ2n) is 5.34. The summed E-state index contributed by atoms with van der Waals surface area (Å²) in [5.41, 5.74) is 3.72. The van der Waals surface area contributed by atoms with Gasteiger partial charge in [-0.3, -0.25) is 4.79 Å². The number of hydrogen-bond donors (Lipinski definition) is 0. The summed E-state index contributed by atoms with van der Waals surface area (Å²) >= 11 is 0. The first kappa shape index (κ1) is 12.0. The van der Waals surface area contributed by atoms with E-state index in [1.165, 1.54) is 12.1 Å². The topological polar surface area (TPSA) is 42.9 Å². The number of aldehydes is 1. The average molecular weight is 256 g/mol. The standard InChI is InChI=1S/C15H13FN2O/c1-8-10(7-19)15(2,3)14-13(8)17-12-6-9(16)4-5-11(12)18-14/h4-7H,1-3H3. The Kier molecular flexibility index (Phi) is 2.33. The fraction of sp³-hybridized carbons (Fsp3) is 0.267. The number of allylic oxidation sites excluding steroid dienone is 2. The molecule has 1 aliphatic carbocycles. The molecule has 0 radical (unpaired) electrons. The minimum atomic E-state index is -0.448. The van der Waals surface area contributed by atoms with Crippen molar-refractivity contribution < 1.29 is 9.18 Å². The van der Waals surface area contributed by atoms with E-state index in [0.717, 1.165) is 17.6 Å². The largest absolute Gasteiger partial charge is 0.298 e. The number of hydrogen-bond acceptors (Lipinski definition) is 3. The van der Waals surface area contributed by atoms with Crippen LogP contribution in [-0.2, 0) is 10.2 Å². The van der Waals surface area contributed by atoms with Crippen LogP contribution in [0.4, 0.5) is 4.39 Å². The highest BCUT2D eigenvalue weighted by Crippen LogP contribution is 2.43.